The lowest BCUT2D eigenvalue weighted by atomic mass is 10.0. The van der Waals surface area contributed by atoms with Crippen LogP contribution in [-0.2, 0) is 0 Å². The molecule has 33 heavy (non-hydrogen) atoms. The quantitative estimate of drug-likeness (QED) is 0.322. The second-order valence-corrected chi connectivity index (χ2v) is 8.81. The Balaban J connectivity index is 1.39. The number of benzene rings is 3. The molecule has 1 amide bonds. The minimum atomic E-state index is -0.311. The van der Waals surface area contributed by atoms with Gasteiger partial charge in [0, 0.05) is 22.8 Å². The zero-order valence-corrected chi connectivity index (χ0v) is 19.0. The van der Waals surface area contributed by atoms with E-state index in [4.69, 9.17) is 11.6 Å². The zero-order valence-electron chi connectivity index (χ0n) is 17.4. The molecule has 2 aromatic heterocycles. The molecule has 6 nitrogen and oxygen atoms in total. The summed E-state index contributed by atoms with van der Waals surface area (Å²) in [5, 5.41) is 8.55. The summed E-state index contributed by atoms with van der Waals surface area (Å²) < 4.78 is 2.53. The summed E-state index contributed by atoms with van der Waals surface area (Å²) >= 11 is 7.70. The topological polar surface area (TPSA) is 76.9 Å². The molecule has 8 heteroatoms. The number of para-hydroxylation sites is 1. The molecule has 3 aromatic carbocycles. The van der Waals surface area contributed by atoms with Crippen LogP contribution in [0.15, 0.2) is 78.9 Å². The zero-order chi connectivity index (χ0) is 22.9. The lowest BCUT2D eigenvalue weighted by molar-refractivity contribution is 0.101. The van der Waals surface area contributed by atoms with Gasteiger partial charge in [-0.2, -0.15) is 9.78 Å². The molecule has 1 N–H and O–H groups in total. The monoisotopic (exact) mass is 472 g/mol. The summed E-state index contributed by atoms with van der Waals surface area (Å²) in [5.41, 5.74) is 2.98. The highest BCUT2D eigenvalue weighted by Crippen LogP contribution is 2.31. The van der Waals surface area contributed by atoms with Gasteiger partial charge in [-0.25, -0.2) is 4.98 Å². The number of fused-ring (bicyclic) bond motifs is 1. The highest BCUT2D eigenvalue weighted by atomic mass is 35.5. The molecule has 0 fully saturated rings. The first-order valence-corrected chi connectivity index (χ1v) is 11.3. The van der Waals surface area contributed by atoms with Crippen molar-refractivity contribution >= 4 is 50.7 Å². The molecule has 0 saturated heterocycles. The van der Waals surface area contributed by atoms with E-state index in [1.54, 1.807) is 53.2 Å². The molecular weight excluding hydrogens is 456 g/mol. The first-order valence-electron chi connectivity index (χ1n) is 10.1. The van der Waals surface area contributed by atoms with Gasteiger partial charge < -0.3 is 5.32 Å². The highest BCUT2D eigenvalue weighted by molar-refractivity contribution is 7.20. The SMILES string of the molecule is Cc1cc(NC(=O)c2ccc(C(=O)c3ccccc3)cc2)n(-c2nc3c(Cl)cccc3s2)n1. The summed E-state index contributed by atoms with van der Waals surface area (Å²) in [6, 6.07) is 23.0. The number of aromatic nitrogens is 3. The highest BCUT2D eigenvalue weighted by Gasteiger charge is 2.17. The van der Waals surface area contributed by atoms with E-state index >= 15 is 0 Å². The van der Waals surface area contributed by atoms with Gasteiger partial charge in [-0.3, -0.25) is 9.59 Å². The van der Waals surface area contributed by atoms with E-state index in [1.807, 2.05) is 37.3 Å². The number of nitrogens with zero attached hydrogens (tertiary/aromatic N) is 3. The first kappa shape index (κ1) is 21.1. The molecule has 0 saturated carbocycles. The van der Waals surface area contributed by atoms with E-state index in [-0.39, 0.29) is 11.7 Å². The van der Waals surface area contributed by atoms with Crippen molar-refractivity contribution in [2.75, 3.05) is 5.32 Å². The Morgan fingerprint density at radius 1 is 0.909 bits per heavy atom. The van der Waals surface area contributed by atoms with Gasteiger partial charge in [0.1, 0.15) is 11.3 Å². The number of amides is 1. The third-order valence-corrected chi connectivity index (χ3v) is 6.36. The molecule has 0 aliphatic heterocycles. The standard InChI is InChI=1S/C25H17ClN4O2S/c1-15-14-21(30(29-15)25-28-22-19(26)8-5-9-20(22)33-25)27-24(32)18-12-10-17(11-13-18)23(31)16-6-3-2-4-7-16/h2-14H,1H3,(H,27,32). The number of halogens is 1. The second kappa shape index (κ2) is 8.61. The summed E-state index contributed by atoms with van der Waals surface area (Å²) in [5.74, 6) is 0.0943. The van der Waals surface area contributed by atoms with Gasteiger partial charge in [0.25, 0.3) is 5.91 Å². The summed E-state index contributed by atoms with van der Waals surface area (Å²) in [6.45, 7) is 1.84. The number of ketones is 1. The van der Waals surface area contributed by atoms with Crippen LogP contribution in [0, 0.1) is 6.92 Å². The molecule has 5 aromatic rings. The Kier molecular flexibility index (Phi) is 5.50. The smallest absolute Gasteiger partial charge is 0.256 e. The van der Waals surface area contributed by atoms with Crippen molar-refractivity contribution in [3.63, 3.8) is 0 Å². The van der Waals surface area contributed by atoms with E-state index in [1.165, 1.54) is 11.3 Å². The second-order valence-electron chi connectivity index (χ2n) is 7.39. The fraction of sp³-hybridized carbons (Fsp3) is 0.0400. The van der Waals surface area contributed by atoms with Crippen molar-refractivity contribution in [1.82, 2.24) is 14.8 Å². The predicted molar refractivity (Wildman–Crippen MR) is 131 cm³/mol. The van der Waals surface area contributed by atoms with E-state index in [9.17, 15) is 9.59 Å². The third kappa shape index (κ3) is 4.16. The Labute approximate surface area is 198 Å². The molecule has 0 unspecified atom stereocenters. The van der Waals surface area contributed by atoms with Gasteiger partial charge in [-0.05, 0) is 31.2 Å². The first-order chi connectivity index (χ1) is 16.0. The van der Waals surface area contributed by atoms with Crippen molar-refractivity contribution in [2.45, 2.75) is 6.92 Å². The van der Waals surface area contributed by atoms with E-state index in [0.29, 0.717) is 38.2 Å². The van der Waals surface area contributed by atoms with Crippen LogP contribution in [0.2, 0.25) is 5.02 Å². The number of rotatable bonds is 5. The van der Waals surface area contributed by atoms with Gasteiger partial charge in [0.2, 0.25) is 5.13 Å². The molecule has 0 aliphatic carbocycles. The average molecular weight is 473 g/mol. The van der Waals surface area contributed by atoms with E-state index in [0.717, 1.165) is 10.4 Å². The number of thiazole rings is 1. The average Bonchev–Trinajstić information content (AvgIpc) is 3.43. The lowest BCUT2D eigenvalue weighted by Crippen LogP contribution is -2.15. The maximum Gasteiger partial charge on any atom is 0.256 e. The van der Waals surface area contributed by atoms with Crippen molar-refractivity contribution in [1.29, 1.82) is 0 Å². The van der Waals surface area contributed by atoms with Crippen LogP contribution in [0.5, 0.6) is 0 Å². The van der Waals surface area contributed by atoms with Crippen LogP contribution in [0.3, 0.4) is 0 Å². The van der Waals surface area contributed by atoms with Crippen molar-refractivity contribution in [3.05, 3.63) is 106 Å². The van der Waals surface area contributed by atoms with Crippen LogP contribution in [0.1, 0.15) is 32.0 Å². The van der Waals surface area contributed by atoms with Crippen molar-refractivity contribution in [3.8, 4) is 5.13 Å². The fourth-order valence-electron chi connectivity index (χ4n) is 3.45. The number of hydrogen-bond donors (Lipinski definition) is 1. The molecule has 162 valence electrons. The number of nitrogens with one attached hydrogen (secondary N) is 1. The maximum atomic E-state index is 12.9. The molecule has 0 bridgehead atoms. The fourth-order valence-corrected chi connectivity index (χ4v) is 4.68. The van der Waals surface area contributed by atoms with E-state index in [2.05, 4.69) is 15.4 Å². The summed E-state index contributed by atoms with van der Waals surface area (Å²) in [4.78, 5) is 30.1. The molecule has 0 atom stereocenters. The maximum absolute atomic E-state index is 12.9. The van der Waals surface area contributed by atoms with Crippen LogP contribution in [-0.4, -0.2) is 26.5 Å². The molecule has 0 aliphatic rings. The van der Waals surface area contributed by atoms with E-state index < -0.39 is 0 Å². The Morgan fingerprint density at radius 3 is 2.33 bits per heavy atom. The van der Waals surface area contributed by atoms with Crippen molar-refractivity contribution < 1.29 is 9.59 Å². The number of anilines is 1. The van der Waals surface area contributed by atoms with Crippen LogP contribution < -0.4 is 5.32 Å². The molecule has 2 heterocycles. The lowest BCUT2D eigenvalue weighted by Gasteiger charge is -2.07. The molecule has 0 spiro atoms. The third-order valence-electron chi connectivity index (χ3n) is 5.06. The van der Waals surface area contributed by atoms with Gasteiger partial charge in [0.15, 0.2) is 5.78 Å². The molecule has 0 radical (unpaired) electrons. The summed E-state index contributed by atoms with van der Waals surface area (Å²) in [6.07, 6.45) is 0. The van der Waals surface area contributed by atoms with Gasteiger partial charge in [-0.15, -0.1) is 0 Å². The van der Waals surface area contributed by atoms with Crippen LogP contribution in [0.4, 0.5) is 5.82 Å². The van der Waals surface area contributed by atoms with Gasteiger partial charge in [-0.1, -0.05) is 71.5 Å². The minimum absolute atomic E-state index is 0.0919. The summed E-state index contributed by atoms with van der Waals surface area (Å²) in [7, 11) is 0. The number of hydrogen-bond acceptors (Lipinski definition) is 5. The number of carbonyl (C=O) groups is 2. The molecule has 5 rings (SSSR count). The van der Waals surface area contributed by atoms with Gasteiger partial charge in [0.05, 0.1) is 15.4 Å². The van der Waals surface area contributed by atoms with Gasteiger partial charge >= 0.3 is 0 Å². The number of aryl methyl sites for hydroxylation is 1. The number of carbonyl (C=O) groups excluding carboxylic acids is 2. The Morgan fingerprint density at radius 2 is 1.61 bits per heavy atom. The van der Waals surface area contributed by atoms with Crippen LogP contribution >= 0.6 is 22.9 Å². The normalized spacial score (nSPS) is 11.0. The van der Waals surface area contributed by atoms with Crippen LogP contribution in [0.25, 0.3) is 15.3 Å². The van der Waals surface area contributed by atoms with Crippen molar-refractivity contribution in [2.24, 2.45) is 0 Å². The molecular formula is C25H17ClN4O2S. The largest absolute Gasteiger partial charge is 0.306 e. The Bertz CT molecular complexity index is 1490. The Hall–Kier alpha value is -3.81. The predicted octanol–water partition coefficient (Wildman–Crippen LogP) is 5.93. The minimum Gasteiger partial charge on any atom is -0.306 e.